The van der Waals surface area contributed by atoms with Crippen molar-refractivity contribution >= 4 is 5.91 Å². The average molecular weight is 228 g/mol. The van der Waals surface area contributed by atoms with Gasteiger partial charge in [-0.15, -0.1) is 0 Å². The predicted octanol–water partition coefficient (Wildman–Crippen LogP) is 0.917. The van der Waals surface area contributed by atoms with Crippen molar-refractivity contribution in [3.63, 3.8) is 0 Å². The number of ether oxygens (including phenoxy) is 1. The van der Waals surface area contributed by atoms with Crippen molar-refractivity contribution in [2.24, 2.45) is 5.92 Å². The lowest BCUT2D eigenvalue weighted by molar-refractivity contribution is -0.122. The van der Waals surface area contributed by atoms with E-state index in [1.165, 1.54) is 6.42 Å². The van der Waals surface area contributed by atoms with Crippen LogP contribution < -0.4 is 10.6 Å². The minimum absolute atomic E-state index is 0.176. The summed E-state index contributed by atoms with van der Waals surface area (Å²) in [5.41, 5.74) is 0. The number of carbonyl (C=O) groups is 1. The lowest BCUT2D eigenvalue weighted by Gasteiger charge is -2.14. The Morgan fingerprint density at radius 2 is 2.44 bits per heavy atom. The lowest BCUT2D eigenvalue weighted by Crippen LogP contribution is -2.33. The van der Waals surface area contributed by atoms with Gasteiger partial charge in [0.15, 0.2) is 0 Å². The highest BCUT2D eigenvalue weighted by molar-refractivity contribution is 5.76. The number of carbonyl (C=O) groups excluding carboxylic acids is 1. The molecule has 0 bridgehead atoms. The maximum atomic E-state index is 11.6. The molecular formula is C12H24N2O2. The van der Waals surface area contributed by atoms with Crippen LogP contribution in [0.2, 0.25) is 0 Å². The maximum Gasteiger partial charge on any atom is 0.220 e. The van der Waals surface area contributed by atoms with Gasteiger partial charge in [0.2, 0.25) is 5.91 Å². The molecule has 0 aromatic rings. The highest BCUT2D eigenvalue weighted by atomic mass is 16.5. The lowest BCUT2D eigenvalue weighted by atomic mass is 10.0. The van der Waals surface area contributed by atoms with Crippen molar-refractivity contribution in [2.45, 2.75) is 38.6 Å². The molecule has 1 heterocycles. The van der Waals surface area contributed by atoms with E-state index in [0.29, 0.717) is 18.9 Å². The van der Waals surface area contributed by atoms with Crippen molar-refractivity contribution in [3.05, 3.63) is 0 Å². The molecule has 0 aliphatic carbocycles. The van der Waals surface area contributed by atoms with E-state index in [1.54, 1.807) is 7.11 Å². The van der Waals surface area contributed by atoms with Crippen LogP contribution in [0.4, 0.5) is 0 Å². The first kappa shape index (κ1) is 13.5. The Labute approximate surface area is 98.1 Å². The van der Waals surface area contributed by atoms with Gasteiger partial charge in [-0.25, -0.2) is 0 Å². The molecule has 0 aromatic carbocycles. The number of amides is 1. The summed E-state index contributed by atoms with van der Waals surface area (Å²) in [5.74, 6) is 0.871. The van der Waals surface area contributed by atoms with Crippen LogP contribution in [0.3, 0.4) is 0 Å². The van der Waals surface area contributed by atoms with Crippen molar-refractivity contribution in [2.75, 3.05) is 26.8 Å². The number of nitrogens with one attached hydrogen (secondary N) is 2. The summed E-state index contributed by atoms with van der Waals surface area (Å²) in [7, 11) is 1.68. The predicted molar refractivity (Wildman–Crippen MR) is 64.3 cm³/mol. The van der Waals surface area contributed by atoms with Crippen LogP contribution in [0.15, 0.2) is 0 Å². The molecule has 0 saturated carbocycles. The molecule has 0 spiro atoms. The molecule has 0 aromatic heterocycles. The van der Waals surface area contributed by atoms with Crippen LogP contribution in [-0.2, 0) is 9.53 Å². The van der Waals surface area contributed by atoms with E-state index in [9.17, 15) is 4.79 Å². The monoisotopic (exact) mass is 228 g/mol. The Morgan fingerprint density at radius 3 is 3.06 bits per heavy atom. The van der Waals surface area contributed by atoms with E-state index in [-0.39, 0.29) is 11.9 Å². The maximum absolute atomic E-state index is 11.6. The summed E-state index contributed by atoms with van der Waals surface area (Å²) in [6.07, 6.45) is 3.76. The normalized spacial score (nSPS) is 22.0. The zero-order valence-electron chi connectivity index (χ0n) is 10.4. The van der Waals surface area contributed by atoms with E-state index in [4.69, 9.17) is 4.74 Å². The van der Waals surface area contributed by atoms with Gasteiger partial charge in [-0.3, -0.25) is 4.79 Å². The molecule has 4 heteroatoms. The quantitative estimate of drug-likeness (QED) is 0.681. The van der Waals surface area contributed by atoms with Crippen LogP contribution >= 0.6 is 0 Å². The molecule has 16 heavy (non-hydrogen) atoms. The molecule has 2 atom stereocenters. The third-order valence-electron chi connectivity index (χ3n) is 3.10. The first-order chi connectivity index (χ1) is 7.72. The van der Waals surface area contributed by atoms with Crippen LogP contribution in [0.1, 0.15) is 32.6 Å². The van der Waals surface area contributed by atoms with Gasteiger partial charge < -0.3 is 15.4 Å². The SMILES string of the molecule is COCCC(C)NC(=O)CCC1CCNC1. The van der Waals surface area contributed by atoms with Crippen LogP contribution in [-0.4, -0.2) is 38.8 Å². The fourth-order valence-electron chi connectivity index (χ4n) is 2.01. The van der Waals surface area contributed by atoms with Crippen LogP contribution in [0, 0.1) is 5.92 Å². The van der Waals surface area contributed by atoms with E-state index in [0.717, 1.165) is 25.9 Å². The molecule has 1 rings (SSSR count). The zero-order valence-corrected chi connectivity index (χ0v) is 10.4. The summed E-state index contributed by atoms with van der Waals surface area (Å²) in [4.78, 5) is 11.6. The number of hydrogen-bond acceptors (Lipinski definition) is 3. The third-order valence-corrected chi connectivity index (χ3v) is 3.10. The number of methoxy groups -OCH3 is 1. The molecule has 94 valence electrons. The Kier molecular flexibility index (Phi) is 6.42. The third kappa shape index (κ3) is 5.47. The van der Waals surface area contributed by atoms with Gasteiger partial charge in [0, 0.05) is 26.2 Å². The Balaban J connectivity index is 2.05. The Hall–Kier alpha value is -0.610. The molecule has 1 saturated heterocycles. The van der Waals surface area contributed by atoms with Gasteiger partial charge in [0.05, 0.1) is 0 Å². The summed E-state index contributed by atoms with van der Waals surface area (Å²) in [6, 6.07) is 0.217. The minimum Gasteiger partial charge on any atom is -0.385 e. The smallest absolute Gasteiger partial charge is 0.220 e. The minimum atomic E-state index is 0.176. The molecule has 2 N–H and O–H groups in total. The second-order valence-electron chi connectivity index (χ2n) is 4.65. The molecule has 1 aliphatic heterocycles. The van der Waals surface area contributed by atoms with Gasteiger partial charge in [0.25, 0.3) is 0 Å². The summed E-state index contributed by atoms with van der Waals surface area (Å²) in [5, 5.41) is 6.32. The molecule has 1 fully saturated rings. The van der Waals surface area contributed by atoms with Crippen LogP contribution in [0.5, 0.6) is 0 Å². The summed E-state index contributed by atoms with van der Waals surface area (Å²) < 4.78 is 4.98. The molecule has 2 unspecified atom stereocenters. The van der Waals surface area contributed by atoms with E-state index >= 15 is 0 Å². The number of rotatable bonds is 7. The Bertz CT molecular complexity index is 203. The first-order valence-electron chi connectivity index (χ1n) is 6.21. The van der Waals surface area contributed by atoms with E-state index < -0.39 is 0 Å². The van der Waals surface area contributed by atoms with Gasteiger partial charge in [-0.1, -0.05) is 0 Å². The molecular weight excluding hydrogens is 204 g/mol. The van der Waals surface area contributed by atoms with Crippen LogP contribution in [0.25, 0.3) is 0 Å². The summed E-state index contributed by atoms with van der Waals surface area (Å²) >= 11 is 0. The fourth-order valence-corrected chi connectivity index (χ4v) is 2.01. The number of hydrogen-bond donors (Lipinski definition) is 2. The molecule has 1 aliphatic rings. The van der Waals surface area contributed by atoms with E-state index in [2.05, 4.69) is 10.6 Å². The van der Waals surface area contributed by atoms with Crippen molar-refractivity contribution < 1.29 is 9.53 Å². The second kappa shape index (κ2) is 7.63. The van der Waals surface area contributed by atoms with E-state index in [1.807, 2.05) is 6.92 Å². The highest BCUT2D eigenvalue weighted by Crippen LogP contribution is 2.14. The van der Waals surface area contributed by atoms with Gasteiger partial charge >= 0.3 is 0 Å². The molecule has 4 nitrogen and oxygen atoms in total. The summed E-state index contributed by atoms with van der Waals surface area (Å²) in [6.45, 7) is 4.91. The van der Waals surface area contributed by atoms with Crippen molar-refractivity contribution in [1.82, 2.24) is 10.6 Å². The molecule has 0 radical (unpaired) electrons. The standard InChI is InChI=1S/C12H24N2O2/c1-10(6-8-16-2)14-12(15)4-3-11-5-7-13-9-11/h10-11,13H,3-9H2,1-2H3,(H,14,15). The topological polar surface area (TPSA) is 50.4 Å². The van der Waals surface area contributed by atoms with Gasteiger partial charge in [-0.2, -0.15) is 0 Å². The first-order valence-corrected chi connectivity index (χ1v) is 6.21. The van der Waals surface area contributed by atoms with Gasteiger partial charge in [0.1, 0.15) is 0 Å². The molecule has 1 amide bonds. The largest absolute Gasteiger partial charge is 0.385 e. The average Bonchev–Trinajstić information content (AvgIpc) is 2.76. The second-order valence-corrected chi connectivity index (χ2v) is 4.65. The fraction of sp³-hybridized carbons (Fsp3) is 0.917. The zero-order chi connectivity index (χ0) is 11.8. The van der Waals surface area contributed by atoms with Gasteiger partial charge in [-0.05, 0) is 45.2 Å². The Morgan fingerprint density at radius 1 is 1.62 bits per heavy atom. The highest BCUT2D eigenvalue weighted by Gasteiger charge is 2.16. The van der Waals surface area contributed by atoms with Crippen molar-refractivity contribution in [1.29, 1.82) is 0 Å². The van der Waals surface area contributed by atoms with Crippen molar-refractivity contribution in [3.8, 4) is 0 Å².